The van der Waals surface area contributed by atoms with Gasteiger partial charge >= 0.3 is 0 Å². The molecule has 2 amide bonds. The molecule has 0 aliphatic heterocycles. The van der Waals surface area contributed by atoms with Gasteiger partial charge in [-0.25, -0.2) is 0 Å². The number of para-hydroxylation sites is 1. The first kappa shape index (κ1) is 18.2. The van der Waals surface area contributed by atoms with E-state index in [1.165, 1.54) is 6.08 Å². The fourth-order valence-corrected chi connectivity index (χ4v) is 2.93. The summed E-state index contributed by atoms with van der Waals surface area (Å²) in [6.45, 7) is 3.82. The van der Waals surface area contributed by atoms with Gasteiger partial charge in [-0.3, -0.25) is 20.4 Å². The second kappa shape index (κ2) is 8.19. The molecular weight excluding hydrogens is 338 g/mol. The van der Waals surface area contributed by atoms with Gasteiger partial charge in [-0.15, -0.1) is 0 Å². The summed E-state index contributed by atoms with van der Waals surface area (Å²) in [5, 5.41) is 0. The normalized spacial score (nSPS) is 10.7. The minimum atomic E-state index is -0.399. The van der Waals surface area contributed by atoms with Crippen LogP contribution in [-0.2, 0) is 4.79 Å². The molecule has 0 unspecified atom stereocenters. The van der Waals surface area contributed by atoms with Gasteiger partial charge < -0.3 is 4.57 Å². The number of aromatic nitrogens is 1. The molecule has 0 bridgehead atoms. The van der Waals surface area contributed by atoms with Crippen LogP contribution < -0.4 is 10.9 Å². The Morgan fingerprint density at radius 2 is 1.52 bits per heavy atom. The molecule has 0 saturated carbocycles. The SMILES string of the molecule is Cc1cc(C(=O)NNC(=O)/C=C/c2ccccc2)c(C)n1-c1ccccc1. The van der Waals surface area contributed by atoms with Crippen molar-refractivity contribution in [2.75, 3.05) is 0 Å². The maximum atomic E-state index is 12.5. The molecule has 0 radical (unpaired) electrons. The average Bonchev–Trinajstić information content (AvgIpc) is 3.00. The number of hydrogen-bond acceptors (Lipinski definition) is 2. The van der Waals surface area contributed by atoms with Gasteiger partial charge in [-0.2, -0.15) is 0 Å². The summed E-state index contributed by atoms with van der Waals surface area (Å²) in [4.78, 5) is 24.4. The predicted octanol–water partition coefficient (Wildman–Crippen LogP) is 3.57. The fourth-order valence-electron chi connectivity index (χ4n) is 2.93. The summed E-state index contributed by atoms with van der Waals surface area (Å²) in [6.07, 6.45) is 3.06. The van der Waals surface area contributed by atoms with Gasteiger partial charge in [-0.1, -0.05) is 48.5 Å². The Hall–Kier alpha value is -3.60. The second-order valence-electron chi connectivity index (χ2n) is 6.14. The summed E-state index contributed by atoms with van der Waals surface area (Å²) in [5.41, 5.74) is 9.04. The molecule has 0 aliphatic carbocycles. The summed E-state index contributed by atoms with van der Waals surface area (Å²) in [6, 6.07) is 21.1. The molecule has 3 aromatic rings. The molecule has 2 N–H and O–H groups in total. The van der Waals surface area contributed by atoms with Crippen molar-refractivity contribution in [1.82, 2.24) is 15.4 Å². The summed E-state index contributed by atoms with van der Waals surface area (Å²) in [5.74, 6) is -0.754. The smallest absolute Gasteiger partial charge is 0.271 e. The van der Waals surface area contributed by atoms with Crippen molar-refractivity contribution >= 4 is 17.9 Å². The van der Waals surface area contributed by atoms with Crippen molar-refractivity contribution < 1.29 is 9.59 Å². The van der Waals surface area contributed by atoms with Crippen LogP contribution in [0.2, 0.25) is 0 Å². The lowest BCUT2D eigenvalue weighted by Gasteiger charge is -2.10. The number of nitrogens with one attached hydrogen (secondary N) is 2. The number of hydrazine groups is 1. The van der Waals surface area contributed by atoms with Crippen molar-refractivity contribution in [3.05, 3.63) is 95.3 Å². The Balaban J connectivity index is 1.67. The first-order valence-electron chi connectivity index (χ1n) is 8.64. The zero-order valence-corrected chi connectivity index (χ0v) is 15.3. The quantitative estimate of drug-likeness (QED) is 0.553. The monoisotopic (exact) mass is 359 g/mol. The van der Waals surface area contributed by atoms with Crippen LogP contribution in [0.5, 0.6) is 0 Å². The van der Waals surface area contributed by atoms with Gasteiger partial charge in [0.2, 0.25) is 0 Å². The van der Waals surface area contributed by atoms with Crippen LogP contribution >= 0.6 is 0 Å². The van der Waals surface area contributed by atoms with Gasteiger partial charge in [0.05, 0.1) is 5.56 Å². The van der Waals surface area contributed by atoms with Crippen LogP contribution in [-0.4, -0.2) is 16.4 Å². The lowest BCUT2D eigenvalue weighted by molar-refractivity contribution is -0.117. The van der Waals surface area contributed by atoms with E-state index in [4.69, 9.17) is 0 Å². The molecule has 1 heterocycles. The van der Waals surface area contributed by atoms with Crippen LogP contribution in [0.4, 0.5) is 0 Å². The van der Waals surface area contributed by atoms with Gasteiger partial charge in [0.25, 0.3) is 11.8 Å². The highest BCUT2D eigenvalue weighted by Crippen LogP contribution is 2.20. The summed E-state index contributed by atoms with van der Waals surface area (Å²) < 4.78 is 2.01. The molecule has 1 aromatic heterocycles. The van der Waals surface area contributed by atoms with Crippen molar-refractivity contribution in [3.8, 4) is 5.69 Å². The molecule has 0 spiro atoms. The maximum absolute atomic E-state index is 12.5. The Bertz CT molecular complexity index is 974. The standard InChI is InChI=1S/C22H21N3O2/c1-16-15-20(17(2)25(16)19-11-7-4-8-12-19)22(27)24-23-21(26)14-13-18-9-5-3-6-10-18/h3-15H,1-2H3,(H,23,26)(H,24,27)/b14-13+. The van der Waals surface area contributed by atoms with E-state index in [-0.39, 0.29) is 5.91 Å². The number of carbonyl (C=O) groups excluding carboxylic acids is 2. The topological polar surface area (TPSA) is 63.1 Å². The molecule has 0 atom stereocenters. The number of amides is 2. The zero-order valence-electron chi connectivity index (χ0n) is 15.3. The molecule has 27 heavy (non-hydrogen) atoms. The minimum absolute atomic E-state index is 0.355. The van der Waals surface area contributed by atoms with Gasteiger partial charge in [0, 0.05) is 23.2 Å². The Morgan fingerprint density at radius 3 is 2.19 bits per heavy atom. The average molecular weight is 359 g/mol. The maximum Gasteiger partial charge on any atom is 0.271 e. The molecule has 136 valence electrons. The number of carbonyl (C=O) groups is 2. The summed E-state index contributed by atoms with van der Waals surface area (Å²) in [7, 11) is 0. The van der Waals surface area contributed by atoms with Gasteiger partial charge in [-0.05, 0) is 43.7 Å². The van der Waals surface area contributed by atoms with E-state index < -0.39 is 5.91 Å². The first-order valence-corrected chi connectivity index (χ1v) is 8.64. The second-order valence-corrected chi connectivity index (χ2v) is 6.14. The van der Waals surface area contributed by atoms with E-state index in [9.17, 15) is 9.59 Å². The Kier molecular flexibility index (Phi) is 5.52. The molecule has 2 aromatic carbocycles. The van der Waals surface area contributed by atoms with E-state index in [1.807, 2.05) is 85.1 Å². The van der Waals surface area contributed by atoms with Gasteiger partial charge in [0.1, 0.15) is 0 Å². The van der Waals surface area contributed by atoms with Crippen molar-refractivity contribution in [2.45, 2.75) is 13.8 Å². The molecule has 5 nitrogen and oxygen atoms in total. The van der Waals surface area contributed by atoms with Crippen LogP contribution in [0.1, 0.15) is 27.3 Å². The highest BCUT2D eigenvalue weighted by Gasteiger charge is 2.16. The molecule has 0 aliphatic rings. The van der Waals surface area contributed by atoms with E-state index >= 15 is 0 Å². The molecule has 5 heteroatoms. The molecule has 0 saturated heterocycles. The van der Waals surface area contributed by atoms with Crippen molar-refractivity contribution in [1.29, 1.82) is 0 Å². The summed E-state index contributed by atoms with van der Waals surface area (Å²) >= 11 is 0. The van der Waals surface area contributed by atoms with Crippen molar-refractivity contribution in [2.24, 2.45) is 0 Å². The van der Waals surface area contributed by atoms with E-state index in [0.717, 1.165) is 22.6 Å². The molecular formula is C22H21N3O2. The van der Waals surface area contributed by atoms with E-state index in [0.29, 0.717) is 5.56 Å². The third-order valence-electron chi connectivity index (χ3n) is 4.22. The van der Waals surface area contributed by atoms with E-state index in [1.54, 1.807) is 6.08 Å². The first-order chi connectivity index (χ1) is 13.1. The molecule has 0 fully saturated rings. The number of nitrogens with zero attached hydrogens (tertiary/aromatic N) is 1. The predicted molar refractivity (Wildman–Crippen MR) is 106 cm³/mol. The van der Waals surface area contributed by atoms with Crippen LogP contribution in [0.3, 0.4) is 0 Å². The Morgan fingerprint density at radius 1 is 0.889 bits per heavy atom. The highest BCUT2D eigenvalue weighted by atomic mass is 16.2. The number of benzene rings is 2. The fraction of sp³-hybridized carbons (Fsp3) is 0.0909. The third-order valence-corrected chi connectivity index (χ3v) is 4.22. The van der Waals surface area contributed by atoms with Crippen LogP contribution in [0.15, 0.2) is 72.8 Å². The van der Waals surface area contributed by atoms with Crippen molar-refractivity contribution in [3.63, 3.8) is 0 Å². The highest BCUT2D eigenvalue weighted by molar-refractivity contribution is 5.99. The third kappa shape index (κ3) is 4.33. The lowest BCUT2D eigenvalue weighted by Crippen LogP contribution is -2.40. The number of aryl methyl sites for hydroxylation is 1. The van der Waals surface area contributed by atoms with Gasteiger partial charge in [0.15, 0.2) is 0 Å². The molecule has 3 rings (SSSR count). The lowest BCUT2D eigenvalue weighted by atomic mass is 10.2. The van der Waals surface area contributed by atoms with Crippen LogP contribution in [0.25, 0.3) is 11.8 Å². The zero-order chi connectivity index (χ0) is 19.2. The Labute approximate surface area is 158 Å². The largest absolute Gasteiger partial charge is 0.318 e. The van der Waals surface area contributed by atoms with E-state index in [2.05, 4.69) is 10.9 Å². The number of hydrogen-bond donors (Lipinski definition) is 2. The number of rotatable bonds is 4. The van der Waals surface area contributed by atoms with Crippen LogP contribution in [0, 0.1) is 13.8 Å². The minimum Gasteiger partial charge on any atom is -0.318 e.